The Labute approximate surface area is 123 Å². The van der Waals surface area contributed by atoms with Gasteiger partial charge in [-0.1, -0.05) is 23.4 Å². The Morgan fingerprint density at radius 1 is 1.15 bits per heavy atom. The van der Waals surface area contributed by atoms with E-state index in [0.717, 1.165) is 43.2 Å². The summed E-state index contributed by atoms with van der Waals surface area (Å²) in [5, 5.41) is 4.09. The molecule has 1 aromatic heterocycles. The first kappa shape index (κ1) is 13.6. The zero-order chi connectivity index (χ0) is 13.8. The van der Waals surface area contributed by atoms with E-state index in [1.807, 2.05) is 18.2 Å². The van der Waals surface area contributed by atoms with Gasteiger partial charge in [0.05, 0.1) is 5.75 Å². The first-order valence-electron chi connectivity index (χ1n) is 7.07. The van der Waals surface area contributed by atoms with E-state index >= 15 is 0 Å². The highest BCUT2D eigenvalue weighted by atomic mass is 32.2. The third-order valence-electron chi connectivity index (χ3n) is 3.72. The molecule has 1 aliphatic rings. The van der Waals surface area contributed by atoms with Crippen LogP contribution in [0.5, 0.6) is 0 Å². The number of thioether (sulfide) groups is 1. The van der Waals surface area contributed by atoms with E-state index in [1.165, 1.54) is 4.90 Å². The minimum Gasteiger partial charge on any atom is -0.339 e. The highest BCUT2D eigenvalue weighted by Gasteiger charge is 2.24. The molecular weight excluding hydrogens is 270 g/mol. The summed E-state index contributed by atoms with van der Waals surface area (Å²) in [5.41, 5.74) is 5.92. The van der Waals surface area contributed by atoms with Crippen molar-refractivity contribution >= 4 is 11.8 Å². The largest absolute Gasteiger partial charge is 0.339 e. The number of hydrogen-bond donors (Lipinski definition) is 1. The lowest BCUT2D eigenvalue weighted by Gasteiger charge is -2.22. The lowest BCUT2D eigenvalue weighted by atomic mass is 9.86. The van der Waals surface area contributed by atoms with Crippen LogP contribution in [0.4, 0.5) is 0 Å². The molecule has 2 N–H and O–H groups in total. The van der Waals surface area contributed by atoms with Crippen LogP contribution in [0.2, 0.25) is 0 Å². The smallest absolute Gasteiger partial charge is 0.229 e. The first-order valence-corrected chi connectivity index (χ1v) is 8.06. The number of rotatable bonds is 4. The molecule has 1 aromatic carbocycles. The SMILES string of the molecule is NC1CCC(c2nc(CSc3ccccc3)no2)CC1. The molecule has 1 saturated carbocycles. The summed E-state index contributed by atoms with van der Waals surface area (Å²) >= 11 is 1.73. The third-order valence-corrected chi connectivity index (χ3v) is 4.72. The number of aromatic nitrogens is 2. The van der Waals surface area contributed by atoms with Gasteiger partial charge in [-0.25, -0.2) is 0 Å². The van der Waals surface area contributed by atoms with Crippen LogP contribution >= 0.6 is 11.8 Å². The van der Waals surface area contributed by atoms with Gasteiger partial charge in [0.2, 0.25) is 5.89 Å². The molecule has 20 heavy (non-hydrogen) atoms. The molecule has 1 fully saturated rings. The average molecular weight is 289 g/mol. The molecule has 0 unspecified atom stereocenters. The van der Waals surface area contributed by atoms with Gasteiger partial charge >= 0.3 is 0 Å². The molecule has 5 heteroatoms. The second-order valence-corrected chi connectivity index (χ2v) is 6.31. The quantitative estimate of drug-likeness (QED) is 0.874. The summed E-state index contributed by atoms with van der Waals surface area (Å²) in [4.78, 5) is 5.76. The lowest BCUT2D eigenvalue weighted by Crippen LogP contribution is -2.25. The molecule has 0 amide bonds. The van der Waals surface area contributed by atoms with E-state index in [4.69, 9.17) is 10.3 Å². The van der Waals surface area contributed by atoms with Gasteiger partial charge in [0, 0.05) is 16.9 Å². The van der Waals surface area contributed by atoms with Crippen LogP contribution in [0.25, 0.3) is 0 Å². The van der Waals surface area contributed by atoms with Crippen molar-refractivity contribution in [2.45, 2.75) is 48.3 Å². The van der Waals surface area contributed by atoms with Gasteiger partial charge in [-0.05, 0) is 37.8 Å². The van der Waals surface area contributed by atoms with Gasteiger partial charge < -0.3 is 10.3 Å². The van der Waals surface area contributed by atoms with E-state index in [0.29, 0.717) is 12.0 Å². The maximum atomic E-state index is 5.92. The maximum Gasteiger partial charge on any atom is 0.229 e. The van der Waals surface area contributed by atoms with Gasteiger partial charge in [-0.2, -0.15) is 4.98 Å². The molecule has 2 aromatic rings. The Kier molecular flexibility index (Phi) is 4.38. The Morgan fingerprint density at radius 2 is 1.90 bits per heavy atom. The zero-order valence-electron chi connectivity index (χ0n) is 11.4. The fourth-order valence-electron chi connectivity index (χ4n) is 2.52. The Balaban J connectivity index is 1.57. The first-order chi connectivity index (χ1) is 9.81. The van der Waals surface area contributed by atoms with Crippen LogP contribution in [0.3, 0.4) is 0 Å². The molecule has 0 spiro atoms. The normalized spacial score (nSPS) is 22.9. The molecule has 0 saturated heterocycles. The monoisotopic (exact) mass is 289 g/mol. The summed E-state index contributed by atoms with van der Waals surface area (Å²) in [6, 6.07) is 10.6. The number of nitrogens with two attached hydrogens (primary N) is 1. The topological polar surface area (TPSA) is 64.9 Å². The Morgan fingerprint density at radius 3 is 2.65 bits per heavy atom. The zero-order valence-corrected chi connectivity index (χ0v) is 12.2. The van der Waals surface area contributed by atoms with Gasteiger partial charge in [0.25, 0.3) is 0 Å². The van der Waals surface area contributed by atoms with E-state index in [2.05, 4.69) is 22.3 Å². The second kappa shape index (κ2) is 6.41. The van der Waals surface area contributed by atoms with Gasteiger partial charge in [-0.3, -0.25) is 0 Å². The second-order valence-electron chi connectivity index (χ2n) is 5.26. The van der Waals surface area contributed by atoms with Crippen LogP contribution < -0.4 is 5.73 Å². The van der Waals surface area contributed by atoms with E-state index in [1.54, 1.807) is 11.8 Å². The summed E-state index contributed by atoms with van der Waals surface area (Å²) in [7, 11) is 0. The van der Waals surface area contributed by atoms with E-state index in [9.17, 15) is 0 Å². The maximum absolute atomic E-state index is 5.92. The fraction of sp³-hybridized carbons (Fsp3) is 0.467. The molecule has 3 rings (SSSR count). The molecule has 1 aliphatic carbocycles. The van der Waals surface area contributed by atoms with Crippen LogP contribution in [-0.2, 0) is 5.75 Å². The fourth-order valence-corrected chi connectivity index (χ4v) is 3.29. The van der Waals surface area contributed by atoms with Crippen LogP contribution in [0.1, 0.15) is 43.3 Å². The van der Waals surface area contributed by atoms with Crippen LogP contribution in [-0.4, -0.2) is 16.2 Å². The van der Waals surface area contributed by atoms with Gasteiger partial charge in [-0.15, -0.1) is 11.8 Å². The van der Waals surface area contributed by atoms with Crippen molar-refractivity contribution < 1.29 is 4.52 Å². The molecule has 106 valence electrons. The van der Waals surface area contributed by atoms with Crippen LogP contribution in [0.15, 0.2) is 39.8 Å². The van der Waals surface area contributed by atoms with E-state index in [-0.39, 0.29) is 0 Å². The molecule has 4 nitrogen and oxygen atoms in total. The third kappa shape index (κ3) is 3.41. The van der Waals surface area contributed by atoms with Crippen molar-refractivity contribution in [3.05, 3.63) is 42.0 Å². The summed E-state index contributed by atoms with van der Waals surface area (Å²) in [6.45, 7) is 0. The molecular formula is C15H19N3OS. The summed E-state index contributed by atoms with van der Waals surface area (Å²) < 4.78 is 5.41. The van der Waals surface area contributed by atoms with Crippen molar-refractivity contribution in [3.63, 3.8) is 0 Å². The highest BCUT2D eigenvalue weighted by molar-refractivity contribution is 7.98. The molecule has 1 heterocycles. The summed E-state index contributed by atoms with van der Waals surface area (Å²) in [6.07, 6.45) is 4.24. The van der Waals surface area contributed by atoms with Gasteiger partial charge in [0.1, 0.15) is 0 Å². The Hall–Kier alpha value is -1.33. The average Bonchev–Trinajstić information content (AvgIpc) is 2.96. The minimum atomic E-state index is 0.349. The van der Waals surface area contributed by atoms with Crippen molar-refractivity contribution in [1.82, 2.24) is 10.1 Å². The predicted molar refractivity (Wildman–Crippen MR) is 79.5 cm³/mol. The highest BCUT2D eigenvalue weighted by Crippen LogP contribution is 2.31. The van der Waals surface area contributed by atoms with Crippen molar-refractivity contribution in [3.8, 4) is 0 Å². The Bertz CT molecular complexity index is 535. The summed E-state index contributed by atoms with van der Waals surface area (Å²) in [5.74, 6) is 2.72. The minimum absolute atomic E-state index is 0.349. The number of nitrogens with zero attached hydrogens (tertiary/aromatic N) is 2. The molecule has 0 radical (unpaired) electrons. The van der Waals surface area contributed by atoms with Gasteiger partial charge in [0.15, 0.2) is 5.82 Å². The van der Waals surface area contributed by atoms with Crippen molar-refractivity contribution in [1.29, 1.82) is 0 Å². The van der Waals surface area contributed by atoms with Crippen molar-refractivity contribution in [2.75, 3.05) is 0 Å². The molecule has 0 bridgehead atoms. The number of hydrogen-bond acceptors (Lipinski definition) is 5. The standard InChI is InChI=1S/C15H19N3OS/c16-12-8-6-11(7-9-12)15-17-14(18-19-15)10-20-13-4-2-1-3-5-13/h1-5,11-12H,6-10,16H2. The van der Waals surface area contributed by atoms with Crippen molar-refractivity contribution in [2.24, 2.45) is 5.73 Å². The lowest BCUT2D eigenvalue weighted by molar-refractivity contribution is 0.300. The van der Waals surface area contributed by atoms with Crippen LogP contribution in [0, 0.1) is 0 Å². The molecule has 0 aliphatic heterocycles. The number of benzene rings is 1. The molecule has 0 atom stereocenters. The van der Waals surface area contributed by atoms with E-state index < -0.39 is 0 Å². The predicted octanol–water partition coefficient (Wildman–Crippen LogP) is 3.35.